The molecule has 0 heterocycles. The highest BCUT2D eigenvalue weighted by Crippen LogP contribution is 2.68. The summed E-state index contributed by atoms with van der Waals surface area (Å²) in [6.07, 6.45) is 14.1. The summed E-state index contributed by atoms with van der Waals surface area (Å²) in [4.78, 5) is 0. The maximum Gasteiger partial charge on any atom is -0.0289 e. The predicted octanol–water partition coefficient (Wildman–Crippen LogP) is 8.70. The van der Waals surface area contributed by atoms with E-state index in [9.17, 15) is 0 Å². The molecule has 0 aromatic heterocycles. The van der Waals surface area contributed by atoms with Gasteiger partial charge in [-0.1, -0.05) is 54.9 Å². The zero-order valence-electron chi connectivity index (χ0n) is 21.4. The van der Waals surface area contributed by atoms with Crippen molar-refractivity contribution in [2.24, 2.45) is 82.3 Å². The second kappa shape index (κ2) is 7.80. The monoisotopic (exact) mass is 412 g/mol. The minimum atomic E-state index is 0.669. The minimum Gasteiger partial charge on any atom is -0.0625 e. The molecular weight excluding hydrogens is 360 g/mol. The molecule has 0 nitrogen and oxygen atoms in total. The van der Waals surface area contributed by atoms with Crippen LogP contribution in [0.2, 0.25) is 0 Å². The fraction of sp³-hybridized carbons (Fsp3) is 1.00. The Labute approximate surface area is 188 Å². The van der Waals surface area contributed by atoms with Crippen LogP contribution in [0.1, 0.15) is 106 Å². The second-order valence-electron chi connectivity index (χ2n) is 14.4. The Hall–Kier alpha value is 0. The van der Waals surface area contributed by atoms with Crippen molar-refractivity contribution in [2.75, 3.05) is 0 Å². The van der Waals surface area contributed by atoms with E-state index >= 15 is 0 Å². The Bertz CT molecular complexity index is 618. The molecule has 0 bridgehead atoms. The molecule has 5 saturated carbocycles. The molecule has 0 spiro atoms. The number of fused-ring (bicyclic) bond motifs is 3. The third kappa shape index (κ3) is 3.36. The lowest BCUT2D eigenvalue weighted by Crippen LogP contribution is -2.58. The summed E-state index contributed by atoms with van der Waals surface area (Å²) in [5.74, 6) is 13.2. The van der Waals surface area contributed by atoms with Gasteiger partial charge in [-0.15, -0.1) is 0 Å². The smallest absolute Gasteiger partial charge is 0.0289 e. The summed E-state index contributed by atoms with van der Waals surface area (Å²) in [6, 6.07) is 0. The molecule has 0 radical (unpaired) electrons. The van der Waals surface area contributed by atoms with Gasteiger partial charge in [-0.05, 0) is 134 Å². The van der Waals surface area contributed by atoms with Crippen molar-refractivity contribution in [3.63, 3.8) is 0 Å². The van der Waals surface area contributed by atoms with Gasteiger partial charge in [0.25, 0.3) is 0 Å². The van der Waals surface area contributed by atoms with E-state index in [0.29, 0.717) is 5.41 Å². The molecule has 0 saturated heterocycles. The highest BCUT2D eigenvalue weighted by molar-refractivity contribution is 5.09. The maximum absolute atomic E-state index is 2.77. The van der Waals surface area contributed by atoms with Crippen molar-refractivity contribution in [1.29, 1.82) is 0 Å². The molecule has 0 aromatic rings. The van der Waals surface area contributed by atoms with Crippen LogP contribution in [-0.2, 0) is 0 Å². The van der Waals surface area contributed by atoms with Crippen LogP contribution >= 0.6 is 0 Å². The molecular formula is C30H52. The third-order valence-electron chi connectivity index (χ3n) is 12.2. The fourth-order valence-corrected chi connectivity index (χ4v) is 11.1. The Morgan fingerprint density at radius 1 is 0.667 bits per heavy atom. The van der Waals surface area contributed by atoms with Gasteiger partial charge in [0.05, 0.1) is 0 Å². The van der Waals surface area contributed by atoms with Crippen LogP contribution < -0.4 is 0 Å². The molecule has 0 aliphatic heterocycles. The molecule has 5 aliphatic carbocycles. The van der Waals surface area contributed by atoms with Gasteiger partial charge in [0, 0.05) is 0 Å². The average molecular weight is 413 g/mol. The molecule has 172 valence electrons. The van der Waals surface area contributed by atoms with Crippen molar-refractivity contribution < 1.29 is 0 Å². The van der Waals surface area contributed by atoms with E-state index < -0.39 is 0 Å². The summed E-state index contributed by atoms with van der Waals surface area (Å²) in [7, 11) is 0. The quantitative estimate of drug-likeness (QED) is 0.425. The maximum atomic E-state index is 2.77. The van der Waals surface area contributed by atoms with Gasteiger partial charge in [0.2, 0.25) is 0 Å². The lowest BCUT2D eigenvalue weighted by atomic mass is 9.39. The molecule has 5 aliphatic rings. The van der Waals surface area contributed by atoms with E-state index in [1.165, 1.54) is 19.3 Å². The van der Waals surface area contributed by atoms with Crippen molar-refractivity contribution in [2.45, 2.75) is 106 Å². The summed E-state index contributed by atoms with van der Waals surface area (Å²) in [5.41, 5.74) is 0.669. The van der Waals surface area contributed by atoms with Gasteiger partial charge >= 0.3 is 0 Å². The molecule has 30 heavy (non-hydrogen) atoms. The first-order valence-corrected chi connectivity index (χ1v) is 14.2. The first-order valence-electron chi connectivity index (χ1n) is 14.2. The lowest BCUT2D eigenvalue weighted by molar-refractivity contribution is -0.170. The largest absolute Gasteiger partial charge is 0.0625 e. The van der Waals surface area contributed by atoms with Crippen molar-refractivity contribution >= 4 is 0 Å². The third-order valence-corrected chi connectivity index (χ3v) is 12.2. The zero-order chi connectivity index (χ0) is 21.4. The Morgan fingerprint density at radius 3 is 2.03 bits per heavy atom. The fourth-order valence-electron chi connectivity index (χ4n) is 11.1. The standard InChI is InChI=1S/C30H52/c1-17(2)22-9-8-20(6)24-15-25-21(14-26(22)24)16-30(7)11-10-23(18(3)4)27-12-19(5)13-28(25)29(27)30/h17-29H,8-16H2,1-7H3/t19-,20+,21-,22-,23-,24+,25+,26+,27+,28-,29+,30-/m0/s1. The highest BCUT2D eigenvalue weighted by Gasteiger charge is 2.60. The second-order valence-corrected chi connectivity index (χ2v) is 14.4. The summed E-state index contributed by atoms with van der Waals surface area (Å²) in [6.45, 7) is 18.2. The molecule has 0 aromatic carbocycles. The van der Waals surface area contributed by atoms with Gasteiger partial charge in [0.1, 0.15) is 0 Å². The number of hydrogen-bond acceptors (Lipinski definition) is 0. The normalized spacial score (nSPS) is 55.7. The van der Waals surface area contributed by atoms with Gasteiger partial charge in [0.15, 0.2) is 0 Å². The first kappa shape index (κ1) is 21.8. The van der Waals surface area contributed by atoms with Crippen molar-refractivity contribution in [3.05, 3.63) is 0 Å². The highest BCUT2D eigenvalue weighted by atomic mass is 14.7. The Kier molecular flexibility index (Phi) is 5.67. The van der Waals surface area contributed by atoms with Gasteiger partial charge in [-0.2, -0.15) is 0 Å². The van der Waals surface area contributed by atoms with E-state index in [1.54, 1.807) is 38.5 Å². The first-order chi connectivity index (χ1) is 14.2. The molecule has 0 heteroatoms. The van der Waals surface area contributed by atoms with E-state index in [-0.39, 0.29) is 0 Å². The minimum absolute atomic E-state index is 0.669. The molecule has 5 fully saturated rings. The zero-order valence-corrected chi connectivity index (χ0v) is 21.4. The van der Waals surface area contributed by atoms with Gasteiger partial charge < -0.3 is 0 Å². The van der Waals surface area contributed by atoms with Gasteiger partial charge in [-0.25, -0.2) is 0 Å². The Balaban J connectivity index is 1.47. The van der Waals surface area contributed by atoms with Gasteiger partial charge in [-0.3, -0.25) is 0 Å². The van der Waals surface area contributed by atoms with E-state index in [4.69, 9.17) is 0 Å². The van der Waals surface area contributed by atoms with Crippen LogP contribution in [0.5, 0.6) is 0 Å². The van der Waals surface area contributed by atoms with E-state index in [1.807, 2.05) is 0 Å². The molecule has 0 N–H and O–H groups in total. The Morgan fingerprint density at radius 2 is 1.33 bits per heavy atom. The lowest BCUT2D eigenvalue weighted by Gasteiger charge is -2.66. The topological polar surface area (TPSA) is 0 Å². The number of hydrogen-bond donors (Lipinski definition) is 0. The predicted molar refractivity (Wildman–Crippen MR) is 129 cm³/mol. The summed E-state index contributed by atoms with van der Waals surface area (Å²) in [5, 5.41) is 0. The van der Waals surface area contributed by atoms with Crippen molar-refractivity contribution in [1.82, 2.24) is 0 Å². The average Bonchev–Trinajstić information content (AvgIpc) is 2.66. The van der Waals surface area contributed by atoms with Crippen LogP contribution in [0.15, 0.2) is 0 Å². The summed E-state index contributed by atoms with van der Waals surface area (Å²) < 4.78 is 0. The van der Waals surface area contributed by atoms with E-state index in [2.05, 4.69) is 48.5 Å². The summed E-state index contributed by atoms with van der Waals surface area (Å²) >= 11 is 0. The number of rotatable bonds is 2. The van der Waals surface area contributed by atoms with Crippen LogP contribution in [0.25, 0.3) is 0 Å². The SMILES string of the molecule is CC(C)[C@@H]1CC[C@@H](C)[C@H]2C[C@@H]3[C@@H](C[C@@H]21)C[C@]1(C)CC[C@@H](C(C)C)[C@H]2C[C@H](C)C[C@@H]3[C@@H]21. The van der Waals surface area contributed by atoms with Crippen LogP contribution in [-0.4, -0.2) is 0 Å². The molecule has 0 unspecified atom stereocenters. The van der Waals surface area contributed by atoms with E-state index in [0.717, 1.165) is 76.9 Å². The van der Waals surface area contributed by atoms with Crippen molar-refractivity contribution in [3.8, 4) is 0 Å². The molecule has 12 atom stereocenters. The molecule has 5 rings (SSSR count). The van der Waals surface area contributed by atoms with Crippen LogP contribution in [0, 0.1) is 82.3 Å². The molecule has 0 amide bonds. The van der Waals surface area contributed by atoms with Crippen LogP contribution in [0.3, 0.4) is 0 Å². The van der Waals surface area contributed by atoms with Crippen LogP contribution in [0.4, 0.5) is 0 Å².